The molecule has 1 aliphatic rings. The maximum absolute atomic E-state index is 10.3. The minimum Gasteiger partial charge on any atom is -0.497 e. The summed E-state index contributed by atoms with van der Waals surface area (Å²) in [5.41, 5.74) is 6.16. The zero-order chi connectivity index (χ0) is 12.3. The fourth-order valence-electron chi connectivity index (χ4n) is 2.16. The third-order valence-corrected chi connectivity index (χ3v) is 4.60. The summed E-state index contributed by atoms with van der Waals surface area (Å²) in [6.07, 6.45) is 4.07. The zero-order valence-corrected chi connectivity index (χ0v) is 10.9. The van der Waals surface area contributed by atoms with E-state index in [1.54, 1.807) is 18.9 Å². The van der Waals surface area contributed by atoms with Crippen LogP contribution in [0, 0.1) is 0 Å². The number of anilines is 1. The molecule has 0 radical (unpaired) electrons. The molecule has 0 aromatic heterocycles. The maximum atomic E-state index is 10.3. The number of nitrogens with two attached hydrogens (primary N) is 1. The molecular weight excluding hydrogens is 234 g/mol. The predicted octanol–water partition coefficient (Wildman–Crippen LogP) is 2.67. The number of ether oxygens (including phenoxy) is 1. The number of aliphatic hydroxyl groups is 1. The lowest BCUT2D eigenvalue weighted by Gasteiger charge is -2.21. The summed E-state index contributed by atoms with van der Waals surface area (Å²) >= 11 is 1.62. The number of methoxy groups -OCH3 is 1. The van der Waals surface area contributed by atoms with E-state index in [0.717, 1.165) is 42.0 Å². The summed E-state index contributed by atoms with van der Waals surface area (Å²) in [7, 11) is 1.64. The van der Waals surface area contributed by atoms with E-state index in [1.165, 1.54) is 0 Å². The second-order valence-corrected chi connectivity index (χ2v) is 5.64. The van der Waals surface area contributed by atoms with E-state index in [0.29, 0.717) is 5.75 Å². The molecule has 0 amide bonds. The normalized spacial score (nSPS) is 18.2. The van der Waals surface area contributed by atoms with Crippen LogP contribution in [0.25, 0.3) is 0 Å². The Balaban J connectivity index is 2.02. The average Bonchev–Trinajstić information content (AvgIpc) is 2.76. The molecule has 1 aromatic rings. The van der Waals surface area contributed by atoms with E-state index >= 15 is 0 Å². The Bertz CT molecular complexity index is 389. The van der Waals surface area contributed by atoms with Crippen molar-refractivity contribution in [2.24, 2.45) is 0 Å². The van der Waals surface area contributed by atoms with Crippen LogP contribution in [0.15, 0.2) is 23.1 Å². The monoisotopic (exact) mass is 253 g/mol. The molecule has 3 N–H and O–H groups in total. The SMILES string of the molecule is COc1ccc(N)c(SCC2(O)CCCC2)c1. The zero-order valence-electron chi connectivity index (χ0n) is 10.1. The Morgan fingerprint density at radius 3 is 2.76 bits per heavy atom. The number of hydrogen-bond acceptors (Lipinski definition) is 4. The summed E-state index contributed by atoms with van der Waals surface area (Å²) in [5.74, 6) is 1.52. The quantitative estimate of drug-likeness (QED) is 0.640. The van der Waals surface area contributed by atoms with Gasteiger partial charge in [-0.1, -0.05) is 12.8 Å². The molecule has 94 valence electrons. The fraction of sp³-hybridized carbons (Fsp3) is 0.538. The van der Waals surface area contributed by atoms with Gasteiger partial charge in [-0.05, 0) is 31.0 Å². The molecule has 0 spiro atoms. The smallest absolute Gasteiger partial charge is 0.120 e. The first-order chi connectivity index (χ1) is 8.13. The molecule has 1 saturated carbocycles. The van der Waals surface area contributed by atoms with E-state index in [4.69, 9.17) is 10.5 Å². The Labute approximate surface area is 106 Å². The van der Waals surface area contributed by atoms with Crippen LogP contribution in [0.5, 0.6) is 5.75 Å². The highest BCUT2D eigenvalue weighted by Crippen LogP contribution is 2.37. The van der Waals surface area contributed by atoms with E-state index < -0.39 is 5.60 Å². The van der Waals surface area contributed by atoms with Gasteiger partial charge in [-0.3, -0.25) is 0 Å². The number of benzene rings is 1. The van der Waals surface area contributed by atoms with Gasteiger partial charge in [0.05, 0.1) is 12.7 Å². The first-order valence-corrected chi connectivity index (χ1v) is 6.90. The fourth-order valence-corrected chi connectivity index (χ4v) is 3.30. The van der Waals surface area contributed by atoms with Crippen LogP contribution in [0.4, 0.5) is 5.69 Å². The summed E-state index contributed by atoms with van der Waals surface area (Å²) in [6.45, 7) is 0. The van der Waals surface area contributed by atoms with Crippen LogP contribution in [-0.4, -0.2) is 23.6 Å². The van der Waals surface area contributed by atoms with Gasteiger partial charge in [0.15, 0.2) is 0 Å². The second kappa shape index (κ2) is 5.19. The number of hydrogen-bond donors (Lipinski definition) is 2. The largest absolute Gasteiger partial charge is 0.497 e. The van der Waals surface area contributed by atoms with Crippen LogP contribution >= 0.6 is 11.8 Å². The van der Waals surface area contributed by atoms with Crippen LogP contribution in [-0.2, 0) is 0 Å². The summed E-state index contributed by atoms with van der Waals surface area (Å²) in [5, 5.41) is 10.3. The van der Waals surface area contributed by atoms with Gasteiger partial charge < -0.3 is 15.6 Å². The number of rotatable bonds is 4. The highest BCUT2D eigenvalue weighted by molar-refractivity contribution is 7.99. The van der Waals surface area contributed by atoms with Crippen LogP contribution < -0.4 is 10.5 Å². The van der Waals surface area contributed by atoms with Crippen LogP contribution in [0.2, 0.25) is 0 Å². The lowest BCUT2D eigenvalue weighted by Crippen LogP contribution is -2.27. The van der Waals surface area contributed by atoms with Crippen molar-refractivity contribution in [1.29, 1.82) is 0 Å². The van der Waals surface area contributed by atoms with Crippen molar-refractivity contribution in [2.45, 2.75) is 36.2 Å². The molecule has 0 atom stereocenters. The number of nitrogen functional groups attached to an aromatic ring is 1. The van der Waals surface area contributed by atoms with E-state index in [2.05, 4.69) is 0 Å². The van der Waals surface area contributed by atoms with Gasteiger partial charge in [0.2, 0.25) is 0 Å². The highest BCUT2D eigenvalue weighted by Gasteiger charge is 2.31. The molecule has 2 rings (SSSR count). The molecule has 0 unspecified atom stereocenters. The molecular formula is C13H19NO2S. The van der Waals surface area contributed by atoms with Crippen LogP contribution in [0.1, 0.15) is 25.7 Å². The molecule has 3 nitrogen and oxygen atoms in total. The molecule has 1 fully saturated rings. The molecule has 0 heterocycles. The Hall–Kier alpha value is -0.870. The summed E-state index contributed by atoms with van der Waals surface area (Å²) in [6, 6.07) is 5.63. The Kier molecular flexibility index (Phi) is 3.84. The first kappa shape index (κ1) is 12.6. The summed E-state index contributed by atoms with van der Waals surface area (Å²) in [4.78, 5) is 0.990. The third-order valence-electron chi connectivity index (χ3n) is 3.25. The molecule has 0 saturated heterocycles. The van der Waals surface area contributed by atoms with Gasteiger partial charge in [0, 0.05) is 16.3 Å². The van der Waals surface area contributed by atoms with E-state index in [-0.39, 0.29) is 0 Å². The summed E-state index contributed by atoms with van der Waals surface area (Å²) < 4.78 is 5.18. The Morgan fingerprint density at radius 2 is 2.12 bits per heavy atom. The predicted molar refractivity (Wildman–Crippen MR) is 71.5 cm³/mol. The molecule has 0 bridgehead atoms. The highest BCUT2D eigenvalue weighted by atomic mass is 32.2. The first-order valence-electron chi connectivity index (χ1n) is 5.92. The number of thioether (sulfide) groups is 1. The molecule has 4 heteroatoms. The van der Waals surface area contributed by atoms with Gasteiger partial charge in [0.1, 0.15) is 5.75 Å². The van der Waals surface area contributed by atoms with Crippen molar-refractivity contribution in [1.82, 2.24) is 0 Å². The van der Waals surface area contributed by atoms with E-state index in [1.807, 2.05) is 18.2 Å². The van der Waals surface area contributed by atoms with Crippen molar-refractivity contribution >= 4 is 17.4 Å². The minimum absolute atomic E-state index is 0.500. The van der Waals surface area contributed by atoms with Gasteiger partial charge in [-0.15, -0.1) is 11.8 Å². The third kappa shape index (κ3) is 3.07. The van der Waals surface area contributed by atoms with Crippen molar-refractivity contribution < 1.29 is 9.84 Å². The molecule has 17 heavy (non-hydrogen) atoms. The van der Waals surface area contributed by atoms with Gasteiger partial charge >= 0.3 is 0 Å². The molecule has 1 aromatic carbocycles. The Morgan fingerprint density at radius 1 is 1.41 bits per heavy atom. The van der Waals surface area contributed by atoms with Crippen molar-refractivity contribution in [3.63, 3.8) is 0 Å². The van der Waals surface area contributed by atoms with Crippen molar-refractivity contribution in [3.8, 4) is 5.75 Å². The van der Waals surface area contributed by atoms with Gasteiger partial charge in [0.25, 0.3) is 0 Å². The van der Waals surface area contributed by atoms with Crippen LogP contribution in [0.3, 0.4) is 0 Å². The van der Waals surface area contributed by atoms with Crippen molar-refractivity contribution in [2.75, 3.05) is 18.6 Å². The minimum atomic E-state index is -0.500. The standard InChI is InChI=1S/C13H19NO2S/c1-16-10-4-5-11(14)12(8-10)17-9-13(15)6-2-3-7-13/h4-5,8,15H,2-3,6-7,9,14H2,1H3. The molecule has 1 aliphatic carbocycles. The van der Waals surface area contributed by atoms with Gasteiger partial charge in [-0.25, -0.2) is 0 Å². The van der Waals surface area contributed by atoms with Crippen molar-refractivity contribution in [3.05, 3.63) is 18.2 Å². The lowest BCUT2D eigenvalue weighted by molar-refractivity contribution is 0.0733. The average molecular weight is 253 g/mol. The second-order valence-electron chi connectivity index (χ2n) is 4.62. The molecule has 0 aliphatic heterocycles. The van der Waals surface area contributed by atoms with E-state index in [9.17, 15) is 5.11 Å². The van der Waals surface area contributed by atoms with Gasteiger partial charge in [-0.2, -0.15) is 0 Å². The topological polar surface area (TPSA) is 55.5 Å². The lowest BCUT2D eigenvalue weighted by atomic mass is 10.1. The maximum Gasteiger partial charge on any atom is 0.120 e.